The van der Waals surface area contributed by atoms with Gasteiger partial charge in [0.1, 0.15) is 5.88 Å². The highest BCUT2D eigenvalue weighted by atomic mass is 32.2. The Balaban J connectivity index is 1.57. The molecular weight excluding hydrogens is 412 g/mol. The number of carbonyl (C=O) groups is 2. The van der Waals surface area contributed by atoms with Gasteiger partial charge in [0.05, 0.1) is 11.4 Å². The van der Waals surface area contributed by atoms with Crippen molar-refractivity contribution in [2.75, 3.05) is 24.4 Å². The molecule has 0 atom stereocenters. The first-order valence-corrected chi connectivity index (χ1v) is 11.4. The Morgan fingerprint density at radius 3 is 2.03 bits per heavy atom. The molecule has 3 rings (SSSR count). The monoisotopic (exact) mass is 436 g/mol. The summed E-state index contributed by atoms with van der Waals surface area (Å²) in [7, 11) is -1.88. The van der Waals surface area contributed by atoms with E-state index in [-0.39, 0.29) is 17.2 Å². The number of sulfone groups is 1. The van der Waals surface area contributed by atoms with Gasteiger partial charge < -0.3 is 10.2 Å². The van der Waals surface area contributed by atoms with Crippen molar-refractivity contribution in [2.45, 2.75) is 11.8 Å². The fourth-order valence-corrected chi connectivity index (χ4v) is 4.06. The van der Waals surface area contributed by atoms with E-state index in [1.165, 1.54) is 12.1 Å². The first kappa shape index (κ1) is 22.2. The van der Waals surface area contributed by atoms with Crippen molar-refractivity contribution < 1.29 is 18.0 Å². The molecule has 0 aliphatic rings. The number of aryl methyl sites for hydroxylation is 1. The lowest BCUT2D eigenvalue weighted by Crippen LogP contribution is -2.37. The molecule has 3 aromatic rings. The van der Waals surface area contributed by atoms with Crippen molar-refractivity contribution >= 4 is 27.2 Å². The molecule has 0 heterocycles. The number of anilines is 1. The Bertz CT molecular complexity index is 1160. The Labute approximate surface area is 182 Å². The maximum absolute atomic E-state index is 12.5. The fraction of sp³-hybridized carbons (Fsp3) is 0.167. The molecule has 0 saturated heterocycles. The lowest BCUT2D eigenvalue weighted by atomic mass is 10.0. The summed E-state index contributed by atoms with van der Waals surface area (Å²) in [6, 6.07) is 22.4. The Morgan fingerprint density at radius 1 is 0.839 bits per heavy atom. The van der Waals surface area contributed by atoms with Gasteiger partial charge in [0.15, 0.2) is 15.6 Å². The zero-order valence-corrected chi connectivity index (χ0v) is 18.2. The summed E-state index contributed by atoms with van der Waals surface area (Å²) in [4.78, 5) is 26.6. The molecule has 7 heteroatoms. The van der Waals surface area contributed by atoms with Crippen LogP contribution in [0, 0.1) is 6.92 Å². The topological polar surface area (TPSA) is 83.6 Å². The fourth-order valence-electron chi connectivity index (χ4n) is 2.99. The number of likely N-dealkylation sites (N-methyl/N-ethyl adjacent to an activating group) is 1. The number of nitrogens with zero attached hydrogens (tertiary/aromatic N) is 1. The summed E-state index contributed by atoms with van der Waals surface area (Å²) in [5.41, 5.74) is 2.86. The van der Waals surface area contributed by atoms with Gasteiger partial charge in [0, 0.05) is 23.9 Å². The highest BCUT2D eigenvalue weighted by molar-refractivity contribution is 7.91. The minimum Gasteiger partial charge on any atom is -0.365 e. The quantitative estimate of drug-likeness (QED) is 0.548. The maximum Gasteiger partial charge on any atom is 0.240 e. The summed E-state index contributed by atoms with van der Waals surface area (Å²) in [5.74, 6) is -0.954. The van der Waals surface area contributed by atoms with Crippen LogP contribution in [0.2, 0.25) is 0 Å². The highest BCUT2D eigenvalue weighted by Crippen LogP contribution is 2.16. The van der Waals surface area contributed by atoms with Crippen LogP contribution >= 0.6 is 0 Å². The summed E-state index contributed by atoms with van der Waals surface area (Å²) in [6.07, 6.45) is 0. The molecule has 0 spiro atoms. The largest absolute Gasteiger partial charge is 0.365 e. The van der Waals surface area contributed by atoms with Gasteiger partial charge in [0.25, 0.3) is 0 Å². The molecule has 1 N–H and O–H groups in total. The first-order chi connectivity index (χ1) is 14.8. The molecule has 1 amide bonds. The minimum absolute atomic E-state index is 0.0185. The van der Waals surface area contributed by atoms with E-state index in [1.807, 2.05) is 25.1 Å². The van der Waals surface area contributed by atoms with Crippen LogP contribution in [-0.2, 0) is 14.6 Å². The summed E-state index contributed by atoms with van der Waals surface area (Å²) in [5, 5.41) is 2.47. The first-order valence-electron chi connectivity index (χ1n) is 9.73. The van der Waals surface area contributed by atoms with Crippen LogP contribution in [0.5, 0.6) is 0 Å². The van der Waals surface area contributed by atoms with Gasteiger partial charge in [-0.2, -0.15) is 0 Å². The van der Waals surface area contributed by atoms with E-state index < -0.39 is 21.6 Å². The second-order valence-corrected chi connectivity index (χ2v) is 9.26. The molecule has 31 heavy (non-hydrogen) atoms. The second-order valence-electron chi connectivity index (χ2n) is 7.27. The summed E-state index contributed by atoms with van der Waals surface area (Å²) in [6.45, 7) is 1.85. The van der Waals surface area contributed by atoms with Crippen molar-refractivity contribution in [3.63, 3.8) is 0 Å². The maximum atomic E-state index is 12.5. The van der Waals surface area contributed by atoms with Gasteiger partial charge in [-0.25, -0.2) is 8.42 Å². The van der Waals surface area contributed by atoms with E-state index >= 15 is 0 Å². The molecule has 0 unspecified atom stereocenters. The number of amides is 1. The van der Waals surface area contributed by atoms with Gasteiger partial charge in [0.2, 0.25) is 5.91 Å². The molecule has 6 nitrogen and oxygen atoms in total. The smallest absolute Gasteiger partial charge is 0.240 e. The molecule has 0 aliphatic carbocycles. The number of rotatable bonds is 8. The lowest BCUT2D eigenvalue weighted by molar-refractivity contribution is -0.119. The van der Waals surface area contributed by atoms with Crippen LogP contribution < -0.4 is 10.2 Å². The predicted octanol–water partition coefficient (Wildman–Crippen LogP) is 3.21. The molecule has 0 aromatic heterocycles. The van der Waals surface area contributed by atoms with Gasteiger partial charge in [-0.15, -0.1) is 0 Å². The standard InChI is InChI=1S/C24H24N2O4S/c1-18-8-14-22(15-9-18)31(29,30)17-25-23(27)16-26(2)21-12-10-20(11-13-21)24(28)19-6-4-3-5-7-19/h3-15H,16-17H2,1-2H3,(H,25,27). The van der Waals surface area contributed by atoms with Crippen molar-refractivity contribution in [1.29, 1.82) is 0 Å². The summed E-state index contributed by atoms with van der Waals surface area (Å²) < 4.78 is 24.7. The third-order valence-corrected chi connectivity index (χ3v) is 6.34. The third kappa shape index (κ3) is 5.79. The number of benzene rings is 3. The van der Waals surface area contributed by atoms with Crippen LogP contribution in [0.15, 0.2) is 83.8 Å². The number of nitrogens with one attached hydrogen (secondary N) is 1. The van der Waals surface area contributed by atoms with Crippen LogP contribution in [-0.4, -0.2) is 39.6 Å². The van der Waals surface area contributed by atoms with Crippen LogP contribution in [0.4, 0.5) is 5.69 Å². The zero-order chi connectivity index (χ0) is 22.4. The average Bonchev–Trinajstić information content (AvgIpc) is 2.78. The molecule has 160 valence electrons. The molecule has 0 aliphatic heterocycles. The van der Waals surface area contributed by atoms with Crippen molar-refractivity contribution in [1.82, 2.24) is 5.32 Å². The Kier molecular flexibility index (Phi) is 6.87. The predicted molar refractivity (Wildman–Crippen MR) is 121 cm³/mol. The van der Waals surface area contributed by atoms with E-state index in [0.717, 1.165) is 11.3 Å². The van der Waals surface area contributed by atoms with Gasteiger partial charge >= 0.3 is 0 Å². The summed E-state index contributed by atoms with van der Waals surface area (Å²) >= 11 is 0. The molecule has 0 fully saturated rings. The molecule has 0 saturated carbocycles. The molecular formula is C24H24N2O4S. The number of hydrogen-bond donors (Lipinski definition) is 1. The van der Waals surface area contributed by atoms with E-state index in [0.29, 0.717) is 11.1 Å². The van der Waals surface area contributed by atoms with E-state index in [4.69, 9.17) is 0 Å². The number of hydrogen-bond acceptors (Lipinski definition) is 5. The van der Waals surface area contributed by atoms with Crippen LogP contribution in [0.25, 0.3) is 0 Å². The zero-order valence-electron chi connectivity index (χ0n) is 17.4. The average molecular weight is 437 g/mol. The Morgan fingerprint density at radius 2 is 1.42 bits per heavy atom. The normalized spacial score (nSPS) is 11.0. The van der Waals surface area contributed by atoms with E-state index in [1.54, 1.807) is 60.5 Å². The van der Waals surface area contributed by atoms with E-state index in [2.05, 4.69) is 5.32 Å². The van der Waals surface area contributed by atoms with Crippen LogP contribution in [0.1, 0.15) is 21.5 Å². The number of carbonyl (C=O) groups excluding carboxylic acids is 2. The SMILES string of the molecule is Cc1ccc(S(=O)(=O)CNC(=O)CN(C)c2ccc(C(=O)c3ccccc3)cc2)cc1. The van der Waals surface area contributed by atoms with Gasteiger partial charge in [-0.05, 0) is 43.3 Å². The molecule has 3 aromatic carbocycles. The second kappa shape index (κ2) is 9.57. The van der Waals surface area contributed by atoms with E-state index in [9.17, 15) is 18.0 Å². The Hall–Kier alpha value is -3.45. The van der Waals surface area contributed by atoms with Crippen molar-refractivity contribution in [3.8, 4) is 0 Å². The lowest BCUT2D eigenvalue weighted by Gasteiger charge is -2.19. The number of ketones is 1. The van der Waals surface area contributed by atoms with Gasteiger partial charge in [-0.3, -0.25) is 9.59 Å². The highest BCUT2D eigenvalue weighted by Gasteiger charge is 2.17. The molecule has 0 radical (unpaired) electrons. The van der Waals surface area contributed by atoms with Gasteiger partial charge in [-0.1, -0.05) is 48.0 Å². The van der Waals surface area contributed by atoms with Crippen LogP contribution in [0.3, 0.4) is 0 Å². The molecule has 0 bridgehead atoms. The third-order valence-electron chi connectivity index (χ3n) is 4.83. The van der Waals surface area contributed by atoms with Crippen molar-refractivity contribution in [3.05, 3.63) is 95.6 Å². The van der Waals surface area contributed by atoms with Crippen molar-refractivity contribution in [2.24, 2.45) is 0 Å². The minimum atomic E-state index is -3.60.